The van der Waals surface area contributed by atoms with E-state index in [9.17, 15) is 14.0 Å². The molecule has 0 aliphatic heterocycles. The van der Waals surface area contributed by atoms with E-state index in [1.807, 2.05) is 30.3 Å². The number of carbonyl (C=O) groups is 2. The van der Waals surface area contributed by atoms with Crippen molar-refractivity contribution < 1.29 is 14.0 Å². The first-order valence-corrected chi connectivity index (χ1v) is 8.04. The summed E-state index contributed by atoms with van der Waals surface area (Å²) in [5.74, 6) is -0.756. The van der Waals surface area contributed by atoms with Crippen molar-refractivity contribution in [3.8, 4) is 0 Å². The first-order valence-electron chi connectivity index (χ1n) is 7.16. The molecule has 0 aromatic heterocycles. The van der Waals surface area contributed by atoms with Crippen LogP contribution in [0.2, 0.25) is 0 Å². The number of amides is 3. The van der Waals surface area contributed by atoms with E-state index in [1.165, 1.54) is 23.9 Å². The van der Waals surface area contributed by atoms with Gasteiger partial charge in [0.25, 0.3) is 0 Å². The van der Waals surface area contributed by atoms with E-state index in [2.05, 4.69) is 10.6 Å². The van der Waals surface area contributed by atoms with Crippen LogP contribution >= 0.6 is 11.8 Å². The van der Waals surface area contributed by atoms with Crippen LogP contribution in [-0.4, -0.2) is 18.5 Å². The molecule has 0 aliphatic rings. The van der Waals surface area contributed by atoms with E-state index in [1.54, 1.807) is 19.1 Å². The zero-order valence-electron chi connectivity index (χ0n) is 12.6. The van der Waals surface area contributed by atoms with Crippen molar-refractivity contribution in [2.45, 2.75) is 17.1 Å². The van der Waals surface area contributed by atoms with Crippen LogP contribution in [0, 0.1) is 5.82 Å². The molecule has 0 bridgehead atoms. The highest BCUT2D eigenvalue weighted by molar-refractivity contribution is 8.00. The fourth-order valence-corrected chi connectivity index (χ4v) is 2.96. The highest BCUT2D eigenvalue weighted by Crippen LogP contribution is 2.35. The van der Waals surface area contributed by atoms with Gasteiger partial charge in [-0.3, -0.25) is 10.1 Å². The molecule has 0 saturated heterocycles. The Morgan fingerprint density at radius 3 is 2.35 bits per heavy atom. The second kappa shape index (κ2) is 8.33. The summed E-state index contributed by atoms with van der Waals surface area (Å²) in [7, 11) is 0. The van der Waals surface area contributed by atoms with Gasteiger partial charge in [-0.15, -0.1) is 11.8 Å². The van der Waals surface area contributed by atoms with Crippen LogP contribution in [0.3, 0.4) is 0 Å². The molecular weight excluding hydrogens is 315 g/mol. The Hall–Kier alpha value is -2.34. The van der Waals surface area contributed by atoms with Crippen LogP contribution in [0.15, 0.2) is 59.5 Å². The summed E-state index contributed by atoms with van der Waals surface area (Å²) in [4.78, 5) is 24.8. The third kappa shape index (κ3) is 5.10. The molecule has 2 aromatic carbocycles. The predicted molar refractivity (Wildman–Crippen MR) is 88.7 cm³/mol. The molecule has 0 aliphatic carbocycles. The third-order valence-electron chi connectivity index (χ3n) is 2.98. The Bertz CT molecular complexity index is 662. The van der Waals surface area contributed by atoms with Crippen molar-refractivity contribution in [1.82, 2.24) is 10.6 Å². The molecule has 2 rings (SSSR count). The van der Waals surface area contributed by atoms with Crippen molar-refractivity contribution in [2.75, 3.05) is 6.54 Å². The molecule has 2 aromatic rings. The number of imide groups is 1. The van der Waals surface area contributed by atoms with Gasteiger partial charge >= 0.3 is 6.03 Å². The Morgan fingerprint density at radius 2 is 1.74 bits per heavy atom. The molecule has 3 amide bonds. The molecule has 0 heterocycles. The Kier molecular flexibility index (Phi) is 6.17. The number of benzene rings is 2. The minimum atomic E-state index is -0.607. The lowest BCUT2D eigenvalue weighted by atomic mass is 10.1. The molecule has 0 fully saturated rings. The van der Waals surface area contributed by atoms with Gasteiger partial charge < -0.3 is 5.32 Å². The van der Waals surface area contributed by atoms with Gasteiger partial charge in [-0.25, -0.2) is 9.18 Å². The summed E-state index contributed by atoms with van der Waals surface area (Å²) in [5.41, 5.74) is 0.767. The summed E-state index contributed by atoms with van der Waals surface area (Å²) in [6, 6.07) is 14.5. The lowest BCUT2D eigenvalue weighted by Crippen LogP contribution is -2.41. The van der Waals surface area contributed by atoms with Gasteiger partial charge in [0, 0.05) is 11.4 Å². The smallest absolute Gasteiger partial charge is 0.321 e. The van der Waals surface area contributed by atoms with Crippen molar-refractivity contribution in [3.63, 3.8) is 0 Å². The van der Waals surface area contributed by atoms with E-state index in [0.717, 1.165) is 10.5 Å². The van der Waals surface area contributed by atoms with Gasteiger partial charge in [0.1, 0.15) is 11.1 Å². The number of thioether (sulfide) groups is 1. The van der Waals surface area contributed by atoms with Gasteiger partial charge in [-0.05, 0) is 36.8 Å². The van der Waals surface area contributed by atoms with Crippen LogP contribution in [-0.2, 0) is 4.79 Å². The molecule has 1 atom stereocenters. The lowest BCUT2D eigenvalue weighted by molar-refractivity contribution is -0.119. The Morgan fingerprint density at radius 1 is 1.09 bits per heavy atom. The largest absolute Gasteiger partial charge is 0.338 e. The maximum absolute atomic E-state index is 13.0. The molecule has 0 radical (unpaired) electrons. The van der Waals surface area contributed by atoms with Crippen LogP contribution in [0.25, 0.3) is 0 Å². The number of hydrogen-bond acceptors (Lipinski definition) is 3. The van der Waals surface area contributed by atoms with Crippen LogP contribution in [0.4, 0.5) is 9.18 Å². The van der Waals surface area contributed by atoms with Crippen molar-refractivity contribution in [3.05, 3.63) is 66.0 Å². The first-order chi connectivity index (χ1) is 11.1. The number of hydrogen-bond donors (Lipinski definition) is 2. The summed E-state index contributed by atoms with van der Waals surface area (Å²) < 4.78 is 13.0. The average molecular weight is 332 g/mol. The Labute approximate surface area is 138 Å². The highest BCUT2D eigenvalue weighted by atomic mass is 32.2. The molecule has 0 unspecified atom stereocenters. The van der Waals surface area contributed by atoms with E-state index >= 15 is 0 Å². The fourth-order valence-electron chi connectivity index (χ4n) is 1.93. The summed E-state index contributed by atoms with van der Waals surface area (Å²) >= 11 is 1.26. The third-order valence-corrected chi connectivity index (χ3v) is 4.25. The Balaban J connectivity index is 2.20. The normalized spacial score (nSPS) is 11.6. The van der Waals surface area contributed by atoms with Gasteiger partial charge in [-0.2, -0.15) is 0 Å². The van der Waals surface area contributed by atoms with E-state index in [4.69, 9.17) is 0 Å². The number of urea groups is 1. The molecule has 120 valence electrons. The maximum Gasteiger partial charge on any atom is 0.321 e. The minimum Gasteiger partial charge on any atom is -0.338 e. The van der Waals surface area contributed by atoms with Crippen molar-refractivity contribution in [2.24, 2.45) is 0 Å². The van der Waals surface area contributed by atoms with Gasteiger partial charge in [0.05, 0.1) is 0 Å². The zero-order chi connectivity index (χ0) is 16.7. The number of nitrogens with one attached hydrogen (secondary N) is 2. The van der Waals surface area contributed by atoms with Crippen LogP contribution < -0.4 is 10.6 Å². The summed E-state index contributed by atoms with van der Waals surface area (Å²) in [5, 5.41) is 4.24. The number of rotatable bonds is 5. The SMILES string of the molecule is CCNC(=O)NC(=O)[C@H](Sc1ccc(F)cc1)c1ccccc1. The van der Waals surface area contributed by atoms with Gasteiger partial charge in [-0.1, -0.05) is 30.3 Å². The molecule has 6 heteroatoms. The highest BCUT2D eigenvalue weighted by Gasteiger charge is 2.23. The number of halogens is 1. The van der Waals surface area contributed by atoms with Crippen LogP contribution in [0.5, 0.6) is 0 Å². The maximum atomic E-state index is 13.0. The second-order valence-electron chi connectivity index (χ2n) is 4.71. The quantitative estimate of drug-likeness (QED) is 0.824. The van der Waals surface area contributed by atoms with Crippen molar-refractivity contribution in [1.29, 1.82) is 0 Å². The van der Waals surface area contributed by atoms with E-state index in [0.29, 0.717) is 6.54 Å². The van der Waals surface area contributed by atoms with E-state index in [-0.39, 0.29) is 5.82 Å². The van der Waals surface area contributed by atoms with Crippen LogP contribution in [0.1, 0.15) is 17.7 Å². The molecule has 2 N–H and O–H groups in total. The van der Waals surface area contributed by atoms with Gasteiger partial charge in [0.2, 0.25) is 5.91 Å². The summed E-state index contributed by atoms with van der Waals surface area (Å²) in [6.07, 6.45) is 0. The molecular formula is C17H17FN2O2S. The van der Waals surface area contributed by atoms with E-state index < -0.39 is 17.2 Å². The number of carbonyl (C=O) groups excluding carboxylic acids is 2. The van der Waals surface area contributed by atoms with Crippen molar-refractivity contribution >= 4 is 23.7 Å². The monoisotopic (exact) mass is 332 g/mol. The predicted octanol–water partition coefficient (Wildman–Crippen LogP) is 3.50. The minimum absolute atomic E-state index is 0.336. The topological polar surface area (TPSA) is 58.2 Å². The molecule has 0 saturated carbocycles. The molecule has 23 heavy (non-hydrogen) atoms. The second-order valence-corrected chi connectivity index (χ2v) is 5.89. The van der Waals surface area contributed by atoms with Gasteiger partial charge in [0.15, 0.2) is 0 Å². The fraction of sp³-hybridized carbons (Fsp3) is 0.176. The average Bonchev–Trinajstić information content (AvgIpc) is 2.55. The molecule has 4 nitrogen and oxygen atoms in total. The molecule has 0 spiro atoms. The first kappa shape index (κ1) is 17.0. The standard InChI is InChI=1S/C17H17FN2O2S/c1-2-19-17(22)20-16(21)15(12-6-4-3-5-7-12)23-14-10-8-13(18)9-11-14/h3-11,15H,2H2,1H3,(H2,19,20,21,22)/t15-/m1/s1. The zero-order valence-corrected chi connectivity index (χ0v) is 13.4. The summed E-state index contributed by atoms with van der Waals surface area (Å²) in [6.45, 7) is 2.20. The lowest BCUT2D eigenvalue weighted by Gasteiger charge is -2.16.